The Morgan fingerprint density at radius 3 is 2.56 bits per heavy atom. The minimum absolute atomic E-state index is 0.0991. The minimum atomic E-state index is -3.42. The molecular weight excluding hydrogens is 362 g/mol. The van der Waals surface area contributed by atoms with E-state index < -0.39 is 10.0 Å². The van der Waals surface area contributed by atoms with Crippen molar-refractivity contribution < 1.29 is 18.0 Å². The van der Waals surface area contributed by atoms with Crippen molar-refractivity contribution in [3.8, 4) is 0 Å². The lowest BCUT2D eigenvalue weighted by atomic mass is 9.77. The zero-order valence-corrected chi connectivity index (χ0v) is 15.7. The number of nitrogens with zero attached hydrogens (tertiary/aromatic N) is 3. The summed E-state index contributed by atoms with van der Waals surface area (Å²) in [5.74, 6) is -0.0991. The van der Waals surface area contributed by atoms with E-state index in [1.165, 1.54) is 20.5 Å². The number of urea groups is 1. The molecule has 4 heterocycles. The molecule has 9 heteroatoms. The maximum Gasteiger partial charge on any atom is 0.327 e. The standard InChI is InChI=1S/C16H21N3O4S2/c1-2-18-14(20)12-10-16(11-19(12)15(18)21)5-7-17(8-6-16)25(22,23)13-4-3-9-24-13/h3-4,9,12H,2,5-8,10-11H2,1H3. The van der Waals surface area contributed by atoms with Crippen LogP contribution in [0.3, 0.4) is 0 Å². The molecule has 3 amide bonds. The Hall–Kier alpha value is -1.45. The van der Waals surface area contributed by atoms with Gasteiger partial charge < -0.3 is 4.90 Å². The van der Waals surface area contributed by atoms with E-state index in [0.717, 1.165) is 0 Å². The maximum absolute atomic E-state index is 12.6. The van der Waals surface area contributed by atoms with E-state index in [4.69, 9.17) is 0 Å². The third-order valence-electron chi connectivity index (χ3n) is 5.72. The highest BCUT2D eigenvalue weighted by molar-refractivity contribution is 7.91. The van der Waals surface area contributed by atoms with E-state index in [1.807, 2.05) is 6.92 Å². The van der Waals surface area contributed by atoms with Crippen molar-refractivity contribution in [1.29, 1.82) is 0 Å². The third-order valence-corrected chi connectivity index (χ3v) is 9.00. The molecule has 25 heavy (non-hydrogen) atoms. The molecule has 0 aliphatic carbocycles. The van der Waals surface area contributed by atoms with Crippen LogP contribution in [0, 0.1) is 5.41 Å². The number of likely N-dealkylation sites (N-methyl/N-ethyl adjacent to an activating group) is 1. The van der Waals surface area contributed by atoms with E-state index in [0.29, 0.717) is 49.7 Å². The van der Waals surface area contributed by atoms with Gasteiger partial charge in [0.25, 0.3) is 15.9 Å². The van der Waals surface area contributed by atoms with Gasteiger partial charge in [-0.05, 0) is 43.0 Å². The maximum atomic E-state index is 12.6. The summed E-state index contributed by atoms with van der Waals surface area (Å²) in [7, 11) is -3.42. The van der Waals surface area contributed by atoms with Crippen molar-refractivity contribution in [2.45, 2.75) is 36.4 Å². The fraction of sp³-hybridized carbons (Fsp3) is 0.625. The highest BCUT2D eigenvalue weighted by atomic mass is 32.2. The topological polar surface area (TPSA) is 78.0 Å². The molecule has 3 fully saturated rings. The van der Waals surface area contributed by atoms with Gasteiger partial charge in [-0.1, -0.05) is 6.07 Å². The minimum Gasteiger partial charge on any atom is -0.312 e. The molecule has 1 spiro atoms. The van der Waals surface area contributed by atoms with E-state index in [2.05, 4.69) is 0 Å². The molecule has 0 N–H and O–H groups in total. The molecule has 1 aromatic rings. The first kappa shape index (κ1) is 17.0. The number of hydrogen-bond donors (Lipinski definition) is 0. The van der Waals surface area contributed by atoms with Crippen molar-refractivity contribution in [2.24, 2.45) is 5.41 Å². The lowest BCUT2D eigenvalue weighted by molar-refractivity contribution is -0.128. The number of imide groups is 1. The number of piperidine rings is 1. The molecule has 136 valence electrons. The van der Waals surface area contributed by atoms with Crippen LogP contribution >= 0.6 is 11.3 Å². The number of sulfonamides is 1. The highest BCUT2D eigenvalue weighted by Gasteiger charge is 2.56. The molecule has 7 nitrogen and oxygen atoms in total. The first-order chi connectivity index (χ1) is 11.9. The fourth-order valence-corrected chi connectivity index (χ4v) is 6.88. The van der Waals surface area contributed by atoms with Crippen molar-refractivity contribution in [1.82, 2.24) is 14.1 Å². The molecule has 0 aromatic carbocycles. The van der Waals surface area contributed by atoms with Gasteiger partial charge in [0.2, 0.25) is 0 Å². The second-order valence-electron chi connectivity index (χ2n) is 7.05. The summed E-state index contributed by atoms with van der Waals surface area (Å²) in [4.78, 5) is 27.8. The molecule has 1 atom stereocenters. The van der Waals surface area contributed by atoms with Gasteiger partial charge >= 0.3 is 6.03 Å². The number of carbonyl (C=O) groups is 2. The summed E-state index contributed by atoms with van der Waals surface area (Å²) in [6, 6.07) is 2.83. The second-order valence-corrected chi connectivity index (χ2v) is 10.2. The van der Waals surface area contributed by atoms with Crippen LogP contribution in [0.15, 0.2) is 21.7 Å². The van der Waals surface area contributed by atoms with Crippen LogP contribution in [0.4, 0.5) is 4.79 Å². The first-order valence-corrected chi connectivity index (χ1v) is 10.9. The number of fused-ring (bicyclic) bond motifs is 1. The predicted molar refractivity (Wildman–Crippen MR) is 92.6 cm³/mol. The van der Waals surface area contributed by atoms with Gasteiger partial charge in [-0.2, -0.15) is 4.31 Å². The predicted octanol–water partition coefficient (Wildman–Crippen LogP) is 1.58. The van der Waals surface area contributed by atoms with Crippen molar-refractivity contribution in [3.05, 3.63) is 17.5 Å². The first-order valence-electron chi connectivity index (χ1n) is 8.54. The zero-order chi connectivity index (χ0) is 17.8. The zero-order valence-electron chi connectivity index (χ0n) is 14.1. The SMILES string of the molecule is CCN1C(=O)C2CC3(CCN(S(=O)(=O)c4cccs4)CC3)CN2C1=O. The molecule has 3 aliphatic rings. The molecule has 3 aliphatic heterocycles. The molecule has 1 unspecified atom stereocenters. The molecule has 0 saturated carbocycles. The quantitative estimate of drug-likeness (QED) is 0.743. The van der Waals surface area contributed by atoms with Gasteiger partial charge in [-0.25, -0.2) is 13.2 Å². The van der Waals surface area contributed by atoms with Gasteiger partial charge in [0.15, 0.2) is 0 Å². The van der Waals surface area contributed by atoms with E-state index >= 15 is 0 Å². The average molecular weight is 383 g/mol. The Bertz CT molecular complexity index is 771. The van der Waals surface area contributed by atoms with Crippen LogP contribution in [0.2, 0.25) is 0 Å². The molecular formula is C16H21N3O4S2. The largest absolute Gasteiger partial charge is 0.327 e. The Morgan fingerprint density at radius 2 is 2.00 bits per heavy atom. The van der Waals surface area contributed by atoms with Crippen LogP contribution in [0.5, 0.6) is 0 Å². The molecule has 4 rings (SSSR count). The van der Waals surface area contributed by atoms with E-state index in [-0.39, 0.29) is 23.4 Å². The summed E-state index contributed by atoms with van der Waals surface area (Å²) >= 11 is 1.23. The monoisotopic (exact) mass is 383 g/mol. The molecule has 3 saturated heterocycles. The lowest BCUT2D eigenvalue weighted by Crippen LogP contribution is -2.45. The Morgan fingerprint density at radius 1 is 1.28 bits per heavy atom. The second kappa shape index (κ2) is 5.78. The molecule has 1 aromatic heterocycles. The fourth-order valence-electron chi connectivity index (χ4n) is 4.30. The third kappa shape index (κ3) is 2.51. The number of rotatable bonds is 3. The number of hydrogen-bond acceptors (Lipinski definition) is 5. The summed E-state index contributed by atoms with van der Waals surface area (Å²) in [5, 5.41) is 1.76. The molecule has 0 radical (unpaired) electrons. The van der Waals surface area contributed by atoms with Gasteiger partial charge in [-0.15, -0.1) is 11.3 Å². The summed E-state index contributed by atoms with van der Waals surface area (Å²) in [5.41, 5.74) is -0.128. The van der Waals surface area contributed by atoms with Crippen LogP contribution in [-0.4, -0.2) is 66.7 Å². The van der Waals surface area contributed by atoms with Crippen LogP contribution in [-0.2, 0) is 14.8 Å². The average Bonchev–Trinajstić information content (AvgIpc) is 3.28. The number of carbonyl (C=O) groups excluding carboxylic acids is 2. The summed E-state index contributed by atoms with van der Waals surface area (Å²) in [6.07, 6.45) is 2.04. The van der Waals surface area contributed by atoms with Crippen molar-refractivity contribution in [2.75, 3.05) is 26.2 Å². The van der Waals surface area contributed by atoms with Crippen LogP contribution in [0.25, 0.3) is 0 Å². The highest BCUT2D eigenvalue weighted by Crippen LogP contribution is 2.46. The smallest absolute Gasteiger partial charge is 0.312 e. The van der Waals surface area contributed by atoms with E-state index in [1.54, 1.807) is 22.4 Å². The normalized spacial score (nSPS) is 26.7. The number of thiophene rings is 1. The van der Waals surface area contributed by atoms with Crippen LogP contribution in [0.1, 0.15) is 26.2 Å². The van der Waals surface area contributed by atoms with Gasteiger partial charge in [-0.3, -0.25) is 9.69 Å². The van der Waals surface area contributed by atoms with E-state index in [9.17, 15) is 18.0 Å². The summed E-state index contributed by atoms with van der Waals surface area (Å²) < 4.78 is 27.2. The Labute approximate surface area is 151 Å². The van der Waals surface area contributed by atoms with Crippen LogP contribution < -0.4 is 0 Å². The van der Waals surface area contributed by atoms with Crippen molar-refractivity contribution in [3.63, 3.8) is 0 Å². The van der Waals surface area contributed by atoms with Gasteiger partial charge in [0, 0.05) is 26.2 Å². The van der Waals surface area contributed by atoms with Gasteiger partial charge in [0.05, 0.1) is 0 Å². The Kier molecular flexibility index (Phi) is 3.93. The number of amides is 3. The van der Waals surface area contributed by atoms with Gasteiger partial charge in [0.1, 0.15) is 10.3 Å². The Balaban J connectivity index is 1.47. The molecule has 0 bridgehead atoms. The lowest BCUT2D eigenvalue weighted by Gasteiger charge is -2.38. The summed E-state index contributed by atoms with van der Waals surface area (Å²) in [6.45, 7) is 3.67. The van der Waals surface area contributed by atoms with Crippen molar-refractivity contribution >= 4 is 33.3 Å².